The molecule has 1 heterocycles. The van der Waals surface area contributed by atoms with Gasteiger partial charge < -0.3 is 10.6 Å². The van der Waals surface area contributed by atoms with Crippen LogP contribution in [-0.4, -0.2) is 29.9 Å². The summed E-state index contributed by atoms with van der Waals surface area (Å²) in [5, 5.41) is 2.28. The lowest BCUT2D eigenvalue weighted by Crippen LogP contribution is -2.32. The molecule has 2 N–H and O–H groups in total. The number of hydrogen-bond donors (Lipinski definition) is 1. The summed E-state index contributed by atoms with van der Waals surface area (Å²) >= 11 is 0. The number of likely N-dealkylation sites (tertiary alicyclic amines) is 1. The van der Waals surface area contributed by atoms with Gasteiger partial charge in [-0.3, -0.25) is 4.79 Å². The fourth-order valence-corrected chi connectivity index (χ4v) is 2.91. The highest BCUT2D eigenvalue weighted by Crippen LogP contribution is 2.22. The molecule has 1 aliphatic rings. The van der Waals surface area contributed by atoms with Crippen molar-refractivity contribution in [2.24, 2.45) is 11.7 Å². The minimum atomic E-state index is 0.124. The third-order valence-corrected chi connectivity index (χ3v) is 4.25. The molecule has 3 heteroatoms. The lowest BCUT2D eigenvalue weighted by atomic mass is 10.0. The van der Waals surface area contributed by atoms with Crippen LogP contribution >= 0.6 is 0 Å². The van der Waals surface area contributed by atoms with Crippen molar-refractivity contribution in [1.29, 1.82) is 0 Å². The van der Waals surface area contributed by atoms with Crippen LogP contribution in [0.4, 0.5) is 0 Å². The summed E-state index contributed by atoms with van der Waals surface area (Å²) in [6.45, 7) is 3.62. The van der Waals surface area contributed by atoms with Crippen molar-refractivity contribution in [3.8, 4) is 0 Å². The molecule has 1 fully saturated rings. The molecule has 0 radical (unpaired) electrons. The van der Waals surface area contributed by atoms with Gasteiger partial charge in [0.25, 0.3) is 5.91 Å². The highest BCUT2D eigenvalue weighted by molar-refractivity contribution is 5.98. The summed E-state index contributed by atoms with van der Waals surface area (Å²) < 4.78 is 0. The van der Waals surface area contributed by atoms with E-state index in [9.17, 15) is 4.79 Å². The third kappa shape index (κ3) is 2.41. The zero-order chi connectivity index (χ0) is 14.1. The van der Waals surface area contributed by atoms with Crippen molar-refractivity contribution in [2.75, 3.05) is 13.1 Å². The first kappa shape index (κ1) is 13.1. The Morgan fingerprint density at radius 3 is 2.70 bits per heavy atom. The molecule has 3 rings (SSSR count). The van der Waals surface area contributed by atoms with Gasteiger partial charge in [-0.1, -0.05) is 30.3 Å². The second-order valence-corrected chi connectivity index (χ2v) is 5.72. The van der Waals surface area contributed by atoms with Crippen molar-refractivity contribution in [3.05, 3.63) is 48.0 Å². The van der Waals surface area contributed by atoms with E-state index in [2.05, 4.69) is 6.07 Å². The van der Waals surface area contributed by atoms with E-state index in [1.807, 2.05) is 48.2 Å². The van der Waals surface area contributed by atoms with E-state index >= 15 is 0 Å². The first-order valence-corrected chi connectivity index (χ1v) is 7.19. The SMILES string of the molecule is CC(N)C1CCN(C(=O)c2ccc3ccccc3c2)C1. The number of carbonyl (C=O) groups excluding carboxylic acids is 1. The summed E-state index contributed by atoms with van der Waals surface area (Å²) in [5.41, 5.74) is 6.71. The van der Waals surface area contributed by atoms with Crippen LogP contribution in [0.1, 0.15) is 23.7 Å². The van der Waals surface area contributed by atoms with Gasteiger partial charge in [-0.05, 0) is 42.2 Å². The van der Waals surface area contributed by atoms with Crippen LogP contribution in [0.5, 0.6) is 0 Å². The predicted octanol–water partition coefficient (Wildman–Crippen LogP) is 2.65. The molecule has 2 aromatic carbocycles. The van der Waals surface area contributed by atoms with Crippen LogP contribution in [0.2, 0.25) is 0 Å². The average molecular weight is 268 g/mol. The van der Waals surface area contributed by atoms with Gasteiger partial charge in [0.1, 0.15) is 0 Å². The van der Waals surface area contributed by atoms with E-state index < -0.39 is 0 Å². The van der Waals surface area contributed by atoms with E-state index in [1.54, 1.807) is 0 Å². The average Bonchev–Trinajstić information content (AvgIpc) is 2.96. The number of benzene rings is 2. The Kier molecular flexibility index (Phi) is 3.45. The van der Waals surface area contributed by atoms with Gasteiger partial charge in [0.05, 0.1) is 0 Å². The Morgan fingerprint density at radius 2 is 2.00 bits per heavy atom. The van der Waals surface area contributed by atoms with Gasteiger partial charge >= 0.3 is 0 Å². The van der Waals surface area contributed by atoms with Crippen LogP contribution in [0.25, 0.3) is 10.8 Å². The second kappa shape index (κ2) is 5.25. The standard InChI is InChI=1S/C17H20N2O/c1-12(18)16-8-9-19(11-16)17(20)15-7-6-13-4-2-3-5-14(13)10-15/h2-7,10,12,16H,8-9,11,18H2,1H3. The van der Waals surface area contributed by atoms with Crippen LogP contribution < -0.4 is 5.73 Å². The monoisotopic (exact) mass is 268 g/mol. The van der Waals surface area contributed by atoms with E-state index in [0.29, 0.717) is 5.92 Å². The maximum absolute atomic E-state index is 12.5. The summed E-state index contributed by atoms with van der Waals surface area (Å²) in [5.74, 6) is 0.554. The topological polar surface area (TPSA) is 46.3 Å². The van der Waals surface area contributed by atoms with Gasteiger partial charge in [-0.25, -0.2) is 0 Å². The Morgan fingerprint density at radius 1 is 1.25 bits per heavy atom. The summed E-state index contributed by atoms with van der Waals surface area (Å²) in [6, 6.07) is 14.2. The molecule has 2 unspecified atom stereocenters. The van der Waals surface area contributed by atoms with E-state index in [0.717, 1.165) is 30.5 Å². The van der Waals surface area contributed by atoms with Crippen LogP contribution in [-0.2, 0) is 0 Å². The lowest BCUT2D eigenvalue weighted by molar-refractivity contribution is 0.0786. The minimum Gasteiger partial charge on any atom is -0.338 e. The number of carbonyl (C=O) groups is 1. The van der Waals surface area contributed by atoms with Gasteiger partial charge in [0.2, 0.25) is 0 Å². The molecule has 1 saturated heterocycles. The number of amides is 1. The molecule has 20 heavy (non-hydrogen) atoms. The maximum Gasteiger partial charge on any atom is 0.253 e. The van der Waals surface area contributed by atoms with E-state index in [4.69, 9.17) is 5.73 Å². The van der Waals surface area contributed by atoms with Gasteiger partial charge in [0.15, 0.2) is 0 Å². The Hall–Kier alpha value is -1.87. The number of hydrogen-bond acceptors (Lipinski definition) is 2. The normalized spacial score (nSPS) is 20.3. The summed E-state index contributed by atoms with van der Waals surface area (Å²) in [6.07, 6.45) is 1.01. The molecule has 104 valence electrons. The van der Waals surface area contributed by atoms with Crippen molar-refractivity contribution >= 4 is 16.7 Å². The molecule has 0 bridgehead atoms. The largest absolute Gasteiger partial charge is 0.338 e. The first-order chi connectivity index (χ1) is 9.65. The number of nitrogens with two attached hydrogens (primary N) is 1. The Balaban J connectivity index is 1.82. The molecular weight excluding hydrogens is 248 g/mol. The molecule has 0 aromatic heterocycles. The zero-order valence-corrected chi connectivity index (χ0v) is 11.8. The zero-order valence-electron chi connectivity index (χ0n) is 11.8. The van der Waals surface area contributed by atoms with E-state index in [1.165, 1.54) is 5.39 Å². The van der Waals surface area contributed by atoms with Gasteiger partial charge in [0, 0.05) is 24.7 Å². The third-order valence-electron chi connectivity index (χ3n) is 4.25. The first-order valence-electron chi connectivity index (χ1n) is 7.19. The van der Waals surface area contributed by atoms with Crippen molar-refractivity contribution in [1.82, 2.24) is 4.90 Å². The Labute approximate surface area is 119 Å². The molecule has 0 saturated carbocycles. The molecule has 1 amide bonds. The van der Waals surface area contributed by atoms with Crippen LogP contribution in [0.3, 0.4) is 0 Å². The molecule has 3 nitrogen and oxygen atoms in total. The minimum absolute atomic E-state index is 0.124. The predicted molar refractivity (Wildman–Crippen MR) is 81.6 cm³/mol. The Bertz CT molecular complexity index is 636. The van der Waals surface area contributed by atoms with Crippen LogP contribution in [0, 0.1) is 5.92 Å². The van der Waals surface area contributed by atoms with Crippen molar-refractivity contribution in [3.63, 3.8) is 0 Å². The molecule has 2 atom stereocenters. The highest BCUT2D eigenvalue weighted by atomic mass is 16.2. The number of nitrogens with zero attached hydrogens (tertiary/aromatic N) is 1. The quantitative estimate of drug-likeness (QED) is 0.910. The maximum atomic E-state index is 12.5. The van der Waals surface area contributed by atoms with Crippen LogP contribution in [0.15, 0.2) is 42.5 Å². The van der Waals surface area contributed by atoms with E-state index in [-0.39, 0.29) is 11.9 Å². The van der Waals surface area contributed by atoms with Crippen molar-refractivity contribution in [2.45, 2.75) is 19.4 Å². The lowest BCUT2D eigenvalue weighted by Gasteiger charge is -2.18. The van der Waals surface area contributed by atoms with Crippen molar-refractivity contribution < 1.29 is 4.79 Å². The van der Waals surface area contributed by atoms with Gasteiger partial charge in [-0.2, -0.15) is 0 Å². The fourth-order valence-electron chi connectivity index (χ4n) is 2.91. The molecule has 2 aromatic rings. The number of fused-ring (bicyclic) bond motifs is 1. The fraction of sp³-hybridized carbons (Fsp3) is 0.353. The molecule has 1 aliphatic heterocycles. The molecule has 0 spiro atoms. The van der Waals surface area contributed by atoms with Gasteiger partial charge in [-0.15, -0.1) is 0 Å². The molecule has 0 aliphatic carbocycles. The second-order valence-electron chi connectivity index (χ2n) is 5.72. The summed E-state index contributed by atoms with van der Waals surface area (Å²) in [7, 11) is 0. The smallest absolute Gasteiger partial charge is 0.253 e. The highest BCUT2D eigenvalue weighted by Gasteiger charge is 2.28. The summed E-state index contributed by atoms with van der Waals surface area (Å²) in [4.78, 5) is 14.5. The number of rotatable bonds is 2. The molecular formula is C17H20N2O.